The zero-order chi connectivity index (χ0) is 11.9. The van der Waals surface area contributed by atoms with Crippen LogP contribution in [0.2, 0.25) is 0 Å². The molecule has 16 heavy (non-hydrogen) atoms. The van der Waals surface area contributed by atoms with Gasteiger partial charge in [0, 0.05) is 12.1 Å². The van der Waals surface area contributed by atoms with Gasteiger partial charge < -0.3 is 11.5 Å². The molecule has 88 valence electrons. The van der Waals surface area contributed by atoms with E-state index in [1.807, 2.05) is 0 Å². The molecule has 0 radical (unpaired) electrons. The van der Waals surface area contributed by atoms with E-state index < -0.39 is 0 Å². The first kappa shape index (κ1) is 11.6. The number of rotatable bonds is 2. The number of nitrogens with two attached hydrogens (primary N) is 2. The highest BCUT2D eigenvalue weighted by Crippen LogP contribution is 2.37. The largest absolute Gasteiger partial charge is 0.328 e. The van der Waals surface area contributed by atoms with E-state index in [2.05, 4.69) is 32.9 Å². The fraction of sp³-hybridized carbons (Fsp3) is 0.571. The summed E-state index contributed by atoms with van der Waals surface area (Å²) >= 11 is 0. The van der Waals surface area contributed by atoms with Crippen molar-refractivity contribution in [1.29, 1.82) is 0 Å². The average Bonchev–Trinajstić information content (AvgIpc) is 2.21. The smallest absolute Gasteiger partial charge is 0.0327 e. The number of aryl methyl sites for hydroxylation is 1. The Morgan fingerprint density at radius 2 is 1.75 bits per heavy atom. The maximum absolute atomic E-state index is 6.33. The van der Waals surface area contributed by atoms with Gasteiger partial charge in [0.1, 0.15) is 0 Å². The van der Waals surface area contributed by atoms with Gasteiger partial charge in [-0.2, -0.15) is 0 Å². The molecule has 0 heterocycles. The number of benzene rings is 1. The monoisotopic (exact) mass is 218 g/mol. The number of hydrogen-bond donors (Lipinski definition) is 2. The molecule has 1 unspecified atom stereocenters. The molecule has 4 N–H and O–H groups in total. The summed E-state index contributed by atoms with van der Waals surface area (Å²) in [5, 5.41) is 0. The Morgan fingerprint density at radius 3 is 2.31 bits per heavy atom. The van der Waals surface area contributed by atoms with Gasteiger partial charge in [-0.1, -0.05) is 12.1 Å². The second kappa shape index (κ2) is 4.19. The normalized spacial score (nSPS) is 26.3. The summed E-state index contributed by atoms with van der Waals surface area (Å²) < 4.78 is 0. The van der Waals surface area contributed by atoms with E-state index in [-0.39, 0.29) is 6.04 Å². The molecule has 0 amide bonds. The highest BCUT2D eigenvalue weighted by Gasteiger charge is 2.32. The van der Waals surface area contributed by atoms with Crippen LogP contribution in [0.25, 0.3) is 0 Å². The van der Waals surface area contributed by atoms with Crippen molar-refractivity contribution in [2.45, 2.75) is 45.7 Å². The van der Waals surface area contributed by atoms with Gasteiger partial charge in [0.05, 0.1) is 0 Å². The lowest BCUT2D eigenvalue weighted by molar-refractivity contribution is 0.223. The molecule has 1 aromatic rings. The van der Waals surface area contributed by atoms with Crippen LogP contribution < -0.4 is 11.5 Å². The highest BCUT2D eigenvalue weighted by atomic mass is 14.7. The summed E-state index contributed by atoms with van der Waals surface area (Å²) in [6.45, 7) is 6.50. The summed E-state index contributed by atoms with van der Waals surface area (Å²) in [4.78, 5) is 0. The molecule has 2 nitrogen and oxygen atoms in total. The maximum atomic E-state index is 6.33. The first-order chi connectivity index (χ1) is 7.50. The van der Waals surface area contributed by atoms with Gasteiger partial charge in [-0.3, -0.25) is 0 Å². The van der Waals surface area contributed by atoms with Gasteiger partial charge in [-0.25, -0.2) is 0 Å². The zero-order valence-corrected chi connectivity index (χ0v) is 10.5. The van der Waals surface area contributed by atoms with Crippen LogP contribution in [0.4, 0.5) is 0 Å². The van der Waals surface area contributed by atoms with Gasteiger partial charge in [0.15, 0.2) is 0 Å². The third-order valence-electron chi connectivity index (χ3n) is 4.18. The predicted octanol–water partition coefficient (Wildman–Crippen LogP) is 2.35. The third kappa shape index (κ3) is 1.87. The van der Waals surface area contributed by atoms with Crippen LogP contribution in [0.3, 0.4) is 0 Å². The molecule has 1 aliphatic carbocycles. The van der Waals surface area contributed by atoms with E-state index in [0.29, 0.717) is 12.0 Å². The Labute approximate surface area is 98.0 Å². The van der Waals surface area contributed by atoms with Crippen LogP contribution in [0.15, 0.2) is 12.1 Å². The van der Waals surface area contributed by atoms with Crippen LogP contribution in [0.5, 0.6) is 0 Å². The summed E-state index contributed by atoms with van der Waals surface area (Å²) in [6.07, 6.45) is 2.15. The van der Waals surface area contributed by atoms with Crippen LogP contribution in [-0.4, -0.2) is 6.04 Å². The van der Waals surface area contributed by atoms with Crippen LogP contribution in [0, 0.1) is 26.7 Å². The standard InChI is InChI=1S/C14H22N2/c1-8-4-5-13(10(3)9(8)2)14(16)11-6-12(15)7-11/h4-5,11-12,14H,6-7,15-16H2,1-3H3. The second-order valence-electron chi connectivity index (χ2n) is 5.24. The summed E-state index contributed by atoms with van der Waals surface area (Å²) in [5.74, 6) is 0.579. The summed E-state index contributed by atoms with van der Waals surface area (Å²) in [6, 6.07) is 4.91. The fourth-order valence-corrected chi connectivity index (χ4v) is 2.59. The molecule has 0 spiro atoms. The van der Waals surface area contributed by atoms with Gasteiger partial charge in [-0.15, -0.1) is 0 Å². The van der Waals surface area contributed by atoms with Crippen LogP contribution >= 0.6 is 0 Å². The van der Waals surface area contributed by atoms with Crippen LogP contribution in [-0.2, 0) is 0 Å². The number of hydrogen-bond acceptors (Lipinski definition) is 2. The van der Waals surface area contributed by atoms with Crippen molar-refractivity contribution in [3.05, 3.63) is 34.4 Å². The molecule has 2 rings (SSSR count). The van der Waals surface area contributed by atoms with Gasteiger partial charge in [-0.05, 0) is 61.8 Å². The molecule has 1 atom stereocenters. The minimum atomic E-state index is 0.166. The first-order valence-electron chi connectivity index (χ1n) is 6.08. The van der Waals surface area contributed by atoms with Gasteiger partial charge in [0.2, 0.25) is 0 Å². The molecule has 1 aromatic carbocycles. The lowest BCUT2D eigenvalue weighted by Gasteiger charge is -2.37. The molecule has 1 saturated carbocycles. The minimum absolute atomic E-state index is 0.166. The fourth-order valence-electron chi connectivity index (χ4n) is 2.59. The summed E-state index contributed by atoms with van der Waals surface area (Å²) in [7, 11) is 0. The van der Waals surface area contributed by atoms with Crippen molar-refractivity contribution in [2.75, 3.05) is 0 Å². The molecular formula is C14H22N2. The predicted molar refractivity (Wildman–Crippen MR) is 68.3 cm³/mol. The van der Waals surface area contributed by atoms with E-state index in [0.717, 1.165) is 12.8 Å². The van der Waals surface area contributed by atoms with Crippen molar-refractivity contribution in [3.8, 4) is 0 Å². The molecule has 0 bridgehead atoms. The second-order valence-corrected chi connectivity index (χ2v) is 5.24. The van der Waals surface area contributed by atoms with Crippen molar-refractivity contribution >= 4 is 0 Å². The Balaban J connectivity index is 2.24. The molecule has 0 saturated heterocycles. The third-order valence-corrected chi connectivity index (χ3v) is 4.18. The minimum Gasteiger partial charge on any atom is -0.328 e. The SMILES string of the molecule is Cc1ccc(C(N)C2CC(N)C2)c(C)c1C. The van der Waals surface area contributed by atoms with Crippen molar-refractivity contribution in [2.24, 2.45) is 17.4 Å². The van der Waals surface area contributed by atoms with Crippen molar-refractivity contribution in [3.63, 3.8) is 0 Å². The highest BCUT2D eigenvalue weighted by molar-refractivity contribution is 5.40. The van der Waals surface area contributed by atoms with Crippen molar-refractivity contribution in [1.82, 2.24) is 0 Å². The molecule has 0 aliphatic heterocycles. The Kier molecular flexibility index (Phi) is 3.04. The lowest BCUT2D eigenvalue weighted by Crippen LogP contribution is -2.41. The molecule has 0 aromatic heterocycles. The van der Waals surface area contributed by atoms with Gasteiger partial charge >= 0.3 is 0 Å². The maximum Gasteiger partial charge on any atom is 0.0327 e. The quantitative estimate of drug-likeness (QED) is 0.800. The first-order valence-corrected chi connectivity index (χ1v) is 6.08. The van der Waals surface area contributed by atoms with Crippen LogP contribution in [0.1, 0.15) is 41.1 Å². The zero-order valence-electron chi connectivity index (χ0n) is 10.5. The summed E-state index contributed by atoms with van der Waals surface area (Å²) in [5.41, 5.74) is 17.5. The van der Waals surface area contributed by atoms with E-state index in [9.17, 15) is 0 Å². The van der Waals surface area contributed by atoms with E-state index in [1.54, 1.807) is 0 Å². The average molecular weight is 218 g/mol. The van der Waals surface area contributed by atoms with E-state index in [4.69, 9.17) is 11.5 Å². The Bertz CT molecular complexity index is 392. The molecule has 2 heteroatoms. The molecular weight excluding hydrogens is 196 g/mol. The Hall–Kier alpha value is -0.860. The topological polar surface area (TPSA) is 52.0 Å². The lowest BCUT2D eigenvalue weighted by atomic mass is 9.73. The van der Waals surface area contributed by atoms with E-state index >= 15 is 0 Å². The Morgan fingerprint density at radius 1 is 1.12 bits per heavy atom. The van der Waals surface area contributed by atoms with E-state index in [1.165, 1.54) is 22.3 Å². The van der Waals surface area contributed by atoms with Gasteiger partial charge in [0.25, 0.3) is 0 Å². The van der Waals surface area contributed by atoms with Crippen molar-refractivity contribution < 1.29 is 0 Å². The molecule has 1 aliphatic rings. The molecule has 1 fully saturated rings.